The molecule has 0 spiro atoms. The van der Waals surface area contributed by atoms with Crippen LogP contribution in [0.25, 0.3) is 16.7 Å². The number of aldehydes is 1. The third-order valence-corrected chi connectivity index (χ3v) is 4.14. The van der Waals surface area contributed by atoms with Gasteiger partial charge in [0.15, 0.2) is 5.84 Å². The van der Waals surface area contributed by atoms with Crippen molar-refractivity contribution in [3.05, 3.63) is 53.6 Å². The third kappa shape index (κ3) is 2.16. The van der Waals surface area contributed by atoms with E-state index in [0.717, 1.165) is 40.0 Å². The second-order valence-corrected chi connectivity index (χ2v) is 5.59. The maximum atomic E-state index is 11.1. The molecule has 24 heavy (non-hydrogen) atoms. The number of rotatable bonds is 3. The van der Waals surface area contributed by atoms with Crippen molar-refractivity contribution in [1.29, 1.82) is 0 Å². The molecule has 120 valence electrons. The summed E-state index contributed by atoms with van der Waals surface area (Å²) in [6.45, 7) is 2.02. The van der Waals surface area contributed by atoms with E-state index in [2.05, 4.69) is 10.7 Å². The Bertz CT molecular complexity index is 902. The van der Waals surface area contributed by atoms with Crippen LogP contribution in [0.2, 0.25) is 0 Å². The highest BCUT2D eigenvalue weighted by Gasteiger charge is 2.28. The monoisotopic (exact) mass is 321 g/mol. The van der Waals surface area contributed by atoms with Crippen molar-refractivity contribution in [2.75, 3.05) is 12.2 Å². The molecule has 0 unspecified atom stereocenters. The van der Waals surface area contributed by atoms with Crippen molar-refractivity contribution < 1.29 is 14.5 Å². The molecular formula is C18H15N3O3. The van der Waals surface area contributed by atoms with Crippen molar-refractivity contribution in [2.45, 2.75) is 6.92 Å². The number of carbonyl (C=O) groups is 1. The first-order chi connectivity index (χ1) is 11.7. The molecule has 0 atom stereocenters. The van der Waals surface area contributed by atoms with Gasteiger partial charge in [-0.3, -0.25) is 4.79 Å². The maximum absolute atomic E-state index is 11.1. The van der Waals surface area contributed by atoms with Crippen LogP contribution in [0.1, 0.15) is 22.8 Å². The highest BCUT2D eigenvalue weighted by Crippen LogP contribution is 2.42. The zero-order valence-electron chi connectivity index (χ0n) is 13.2. The third-order valence-electron chi connectivity index (χ3n) is 4.14. The Hall–Kier alpha value is -3.12. The molecule has 2 aliphatic rings. The number of benzene rings is 2. The number of amidine groups is 1. The molecule has 4 rings (SSSR count). The number of hydrazone groups is 1. The number of ether oxygens (including phenoxy) is 1. The Kier molecular flexibility index (Phi) is 3.32. The largest absolute Gasteiger partial charge is 0.496 e. The molecule has 2 aliphatic heterocycles. The summed E-state index contributed by atoms with van der Waals surface area (Å²) >= 11 is 0. The van der Waals surface area contributed by atoms with Gasteiger partial charge in [-0.25, -0.2) is 0 Å². The number of nitrogens with one attached hydrogen (secondary N) is 1. The van der Waals surface area contributed by atoms with E-state index in [4.69, 9.17) is 9.68 Å². The number of hydrogen-bond acceptors (Lipinski definition) is 6. The van der Waals surface area contributed by atoms with Crippen LogP contribution >= 0.6 is 0 Å². The lowest BCUT2D eigenvalue weighted by molar-refractivity contribution is 0.0712. The van der Waals surface area contributed by atoms with Crippen LogP contribution < -0.4 is 15.4 Å². The molecule has 0 saturated heterocycles. The molecule has 0 bridgehead atoms. The molecule has 0 aliphatic carbocycles. The van der Waals surface area contributed by atoms with Gasteiger partial charge >= 0.3 is 0 Å². The van der Waals surface area contributed by atoms with E-state index in [1.165, 1.54) is 0 Å². The predicted molar refractivity (Wildman–Crippen MR) is 91.6 cm³/mol. The topological polar surface area (TPSA) is 63.2 Å². The lowest BCUT2D eigenvalue weighted by Crippen LogP contribution is -2.29. The molecule has 0 saturated carbocycles. The number of carbonyl (C=O) groups excluding carboxylic acids is 1. The minimum Gasteiger partial charge on any atom is -0.496 e. The molecule has 0 amide bonds. The van der Waals surface area contributed by atoms with Crippen molar-refractivity contribution in [3.8, 4) is 16.9 Å². The summed E-state index contributed by atoms with van der Waals surface area (Å²) in [5.74, 6) is 1.43. The number of anilines is 1. The molecule has 2 heterocycles. The molecule has 1 N–H and O–H groups in total. The summed E-state index contributed by atoms with van der Waals surface area (Å²) in [5, 5.41) is 5.73. The van der Waals surface area contributed by atoms with E-state index in [1.807, 2.05) is 43.3 Å². The SMILES string of the molecule is COc1cc2c(cc1-c1cccc(C=O)c1)N1ONN=C1C=C2C. The number of allylic oxidation sites excluding steroid dienone is 1. The minimum absolute atomic E-state index is 0.615. The molecule has 6 nitrogen and oxygen atoms in total. The minimum atomic E-state index is 0.615. The summed E-state index contributed by atoms with van der Waals surface area (Å²) in [6, 6.07) is 11.4. The molecule has 0 radical (unpaired) electrons. The predicted octanol–water partition coefficient (Wildman–Crippen LogP) is 3.16. The van der Waals surface area contributed by atoms with Gasteiger partial charge in [-0.15, -0.1) is 10.0 Å². The van der Waals surface area contributed by atoms with Crippen LogP contribution in [0.3, 0.4) is 0 Å². The Morgan fingerprint density at radius 1 is 1.25 bits per heavy atom. The van der Waals surface area contributed by atoms with Gasteiger partial charge in [-0.05, 0) is 42.3 Å². The van der Waals surface area contributed by atoms with Gasteiger partial charge in [0.2, 0.25) is 0 Å². The van der Waals surface area contributed by atoms with Crippen molar-refractivity contribution in [1.82, 2.24) is 5.59 Å². The van der Waals surface area contributed by atoms with E-state index in [9.17, 15) is 4.79 Å². The van der Waals surface area contributed by atoms with Gasteiger partial charge in [0.1, 0.15) is 12.0 Å². The molecule has 0 aromatic heterocycles. The fourth-order valence-corrected chi connectivity index (χ4v) is 2.96. The van der Waals surface area contributed by atoms with Crippen LogP contribution in [0, 0.1) is 0 Å². The van der Waals surface area contributed by atoms with Crippen molar-refractivity contribution >= 4 is 23.4 Å². The average Bonchev–Trinajstić information content (AvgIpc) is 3.09. The lowest BCUT2D eigenvalue weighted by Gasteiger charge is -2.25. The highest BCUT2D eigenvalue weighted by atomic mass is 16.8. The van der Waals surface area contributed by atoms with E-state index in [-0.39, 0.29) is 0 Å². The molecule has 0 fully saturated rings. The van der Waals surface area contributed by atoms with E-state index in [0.29, 0.717) is 11.4 Å². The molecule has 2 aromatic carbocycles. The fraction of sp³-hybridized carbons (Fsp3) is 0.111. The number of hydrogen-bond donors (Lipinski definition) is 1. The highest BCUT2D eigenvalue weighted by molar-refractivity contribution is 6.14. The zero-order chi connectivity index (χ0) is 16.7. The van der Waals surface area contributed by atoms with Gasteiger partial charge in [-0.2, -0.15) is 10.7 Å². The summed E-state index contributed by atoms with van der Waals surface area (Å²) in [4.78, 5) is 16.5. The first kappa shape index (κ1) is 14.5. The first-order valence-electron chi connectivity index (χ1n) is 7.47. The Balaban J connectivity index is 1.93. The van der Waals surface area contributed by atoms with Crippen molar-refractivity contribution in [3.63, 3.8) is 0 Å². The number of fused-ring (bicyclic) bond motifs is 3. The Morgan fingerprint density at radius 2 is 2.12 bits per heavy atom. The van der Waals surface area contributed by atoms with Crippen LogP contribution in [0.5, 0.6) is 5.75 Å². The quantitative estimate of drug-likeness (QED) is 0.880. The second kappa shape index (κ2) is 5.50. The summed E-state index contributed by atoms with van der Waals surface area (Å²) in [5.41, 5.74) is 7.86. The number of nitrogens with zero attached hydrogens (tertiary/aromatic N) is 2. The summed E-state index contributed by atoms with van der Waals surface area (Å²) in [6.07, 6.45) is 2.77. The van der Waals surface area contributed by atoms with E-state index in [1.54, 1.807) is 18.2 Å². The van der Waals surface area contributed by atoms with Gasteiger partial charge in [0.05, 0.1) is 12.8 Å². The standard InChI is InChI=1S/C18H15N3O3/c1-11-6-18-19-20-24-21(18)16-8-15(17(23-2)9-14(11)16)13-5-3-4-12(7-13)10-22/h3-10,20H,1-2H3. The number of hydroxylamine groups is 1. The Labute approximate surface area is 138 Å². The summed E-state index contributed by atoms with van der Waals surface area (Å²) < 4.78 is 5.58. The van der Waals surface area contributed by atoms with Crippen LogP contribution in [-0.2, 0) is 4.94 Å². The molecular weight excluding hydrogens is 306 g/mol. The number of methoxy groups -OCH3 is 1. The smallest absolute Gasteiger partial charge is 0.182 e. The van der Waals surface area contributed by atoms with Crippen LogP contribution in [0.15, 0.2) is 47.6 Å². The van der Waals surface area contributed by atoms with Gasteiger partial charge in [-0.1, -0.05) is 18.2 Å². The maximum Gasteiger partial charge on any atom is 0.182 e. The molecule has 6 heteroatoms. The zero-order valence-corrected chi connectivity index (χ0v) is 13.2. The first-order valence-corrected chi connectivity index (χ1v) is 7.47. The second-order valence-electron chi connectivity index (χ2n) is 5.59. The van der Waals surface area contributed by atoms with Crippen molar-refractivity contribution in [2.24, 2.45) is 5.10 Å². The van der Waals surface area contributed by atoms with Crippen LogP contribution in [-0.4, -0.2) is 19.2 Å². The van der Waals surface area contributed by atoms with E-state index >= 15 is 0 Å². The van der Waals surface area contributed by atoms with Crippen LogP contribution in [0.4, 0.5) is 5.69 Å². The lowest BCUT2D eigenvalue weighted by atomic mass is 9.94. The normalized spacial score (nSPS) is 15.0. The van der Waals surface area contributed by atoms with E-state index < -0.39 is 0 Å². The van der Waals surface area contributed by atoms with Gasteiger partial charge < -0.3 is 4.74 Å². The summed E-state index contributed by atoms with van der Waals surface area (Å²) in [7, 11) is 1.64. The van der Waals surface area contributed by atoms with Gasteiger partial charge in [0.25, 0.3) is 0 Å². The average molecular weight is 321 g/mol. The Morgan fingerprint density at radius 3 is 2.92 bits per heavy atom. The molecule has 2 aromatic rings. The van der Waals surface area contributed by atoms with Gasteiger partial charge in [0, 0.05) is 16.7 Å². The fourth-order valence-electron chi connectivity index (χ4n) is 2.96.